The molecular weight excluding hydrogens is 348 g/mol. The molecule has 0 spiro atoms. The van der Waals surface area contributed by atoms with Gasteiger partial charge in [-0.1, -0.05) is 12.1 Å². The van der Waals surface area contributed by atoms with Crippen LogP contribution in [0.3, 0.4) is 0 Å². The van der Waals surface area contributed by atoms with Crippen LogP contribution in [0.2, 0.25) is 0 Å². The van der Waals surface area contributed by atoms with Gasteiger partial charge in [-0.2, -0.15) is 11.8 Å². The van der Waals surface area contributed by atoms with Crippen LogP contribution in [0.4, 0.5) is 0 Å². The fourth-order valence-electron chi connectivity index (χ4n) is 2.38. The van der Waals surface area contributed by atoms with E-state index in [1.807, 2.05) is 24.3 Å². The summed E-state index contributed by atoms with van der Waals surface area (Å²) < 4.78 is 15.0. The first-order valence-electron chi connectivity index (χ1n) is 7.37. The monoisotopic (exact) mass is 368 g/mol. The van der Waals surface area contributed by atoms with Gasteiger partial charge in [0.05, 0.1) is 32.2 Å². The molecule has 0 aliphatic carbocycles. The highest BCUT2D eigenvalue weighted by Crippen LogP contribution is 2.41. The Balaban J connectivity index is 2.41. The fraction of sp³-hybridized carbons (Fsp3) is 0.412. The molecule has 24 heavy (non-hydrogen) atoms. The van der Waals surface area contributed by atoms with E-state index in [9.17, 15) is 9.59 Å². The number of methoxy groups -OCH3 is 3. The van der Waals surface area contributed by atoms with E-state index >= 15 is 0 Å². The van der Waals surface area contributed by atoms with E-state index in [4.69, 9.17) is 14.2 Å². The van der Waals surface area contributed by atoms with Gasteiger partial charge in [0.1, 0.15) is 5.75 Å². The highest BCUT2D eigenvalue weighted by molar-refractivity contribution is 8.06. The summed E-state index contributed by atoms with van der Waals surface area (Å²) in [4.78, 5) is 24.7. The third-order valence-electron chi connectivity index (χ3n) is 3.60. The lowest BCUT2D eigenvalue weighted by molar-refractivity contribution is -0.143. The molecule has 0 radical (unpaired) electrons. The van der Waals surface area contributed by atoms with Crippen LogP contribution in [0.5, 0.6) is 5.75 Å². The van der Waals surface area contributed by atoms with Crippen LogP contribution in [0.15, 0.2) is 35.2 Å². The Hall–Kier alpha value is -1.60. The van der Waals surface area contributed by atoms with Crippen molar-refractivity contribution in [2.24, 2.45) is 5.92 Å². The molecule has 0 fully saturated rings. The average Bonchev–Trinajstić information content (AvgIpc) is 2.61. The molecule has 2 atom stereocenters. The first-order valence-corrected chi connectivity index (χ1v) is 9.40. The van der Waals surface area contributed by atoms with Crippen molar-refractivity contribution in [3.63, 3.8) is 0 Å². The Morgan fingerprint density at radius 1 is 1.04 bits per heavy atom. The summed E-state index contributed by atoms with van der Waals surface area (Å²) in [5.41, 5.74) is 0.989. The maximum absolute atomic E-state index is 12.3. The first kappa shape index (κ1) is 18.7. The highest BCUT2D eigenvalue weighted by Gasteiger charge is 2.32. The zero-order valence-electron chi connectivity index (χ0n) is 13.8. The summed E-state index contributed by atoms with van der Waals surface area (Å²) in [7, 11) is 4.31. The van der Waals surface area contributed by atoms with Crippen LogP contribution in [-0.4, -0.2) is 44.8 Å². The molecule has 1 aromatic rings. The van der Waals surface area contributed by atoms with Gasteiger partial charge in [0.15, 0.2) is 0 Å². The molecule has 7 heteroatoms. The second-order valence-corrected chi connectivity index (χ2v) is 7.37. The second-order valence-electron chi connectivity index (χ2n) is 4.98. The van der Waals surface area contributed by atoms with Crippen molar-refractivity contribution in [2.45, 2.75) is 5.25 Å². The van der Waals surface area contributed by atoms with Gasteiger partial charge >= 0.3 is 11.9 Å². The van der Waals surface area contributed by atoms with E-state index in [0.29, 0.717) is 4.91 Å². The largest absolute Gasteiger partial charge is 0.497 e. The van der Waals surface area contributed by atoms with Crippen molar-refractivity contribution in [2.75, 3.05) is 32.8 Å². The maximum atomic E-state index is 12.3. The lowest BCUT2D eigenvalue weighted by Crippen LogP contribution is -2.23. The molecule has 1 heterocycles. The number of hydrogen-bond donors (Lipinski definition) is 0. The van der Waals surface area contributed by atoms with Crippen LogP contribution in [-0.2, 0) is 19.1 Å². The molecule has 0 saturated heterocycles. The van der Waals surface area contributed by atoms with Crippen LogP contribution in [0, 0.1) is 5.92 Å². The predicted octanol–water partition coefficient (Wildman–Crippen LogP) is 3.06. The van der Waals surface area contributed by atoms with Crippen LogP contribution in [0.1, 0.15) is 10.8 Å². The van der Waals surface area contributed by atoms with Gasteiger partial charge < -0.3 is 14.2 Å². The SMILES string of the molecule is COC(=O)/C1=C/C(C(=O)OC)C(c2ccc(OC)cc2)SCCS1. The Bertz CT molecular complexity index is 612. The second kappa shape index (κ2) is 9.03. The molecule has 130 valence electrons. The Morgan fingerprint density at radius 3 is 2.33 bits per heavy atom. The number of ether oxygens (including phenoxy) is 3. The summed E-state index contributed by atoms with van der Waals surface area (Å²) in [6.45, 7) is 0. The van der Waals surface area contributed by atoms with E-state index in [1.54, 1.807) is 24.9 Å². The molecule has 5 nitrogen and oxygen atoms in total. The van der Waals surface area contributed by atoms with E-state index < -0.39 is 11.9 Å². The average molecular weight is 368 g/mol. The van der Waals surface area contributed by atoms with Crippen molar-refractivity contribution >= 4 is 35.5 Å². The molecule has 1 aliphatic heterocycles. The number of esters is 2. The van der Waals surface area contributed by atoms with E-state index in [1.165, 1.54) is 26.0 Å². The van der Waals surface area contributed by atoms with Gasteiger partial charge in [0, 0.05) is 16.8 Å². The molecule has 0 N–H and O–H groups in total. The molecule has 0 saturated carbocycles. The topological polar surface area (TPSA) is 61.8 Å². The van der Waals surface area contributed by atoms with Crippen molar-refractivity contribution in [1.29, 1.82) is 0 Å². The predicted molar refractivity (Wildman–Crippen MR) is 96.3 cm³/mol. The minimum atomic E-state index is -0.560. The normalized spacial score (nSPS) is 23.2. The number of hydrogen-bond acceptors (Lipinski definition) is 7. The molecule has 1 aromatic carbocycles. The van der Waals surface area contributed by atoms with Crippen molar-refractivity contribution in [3.8, 4) is 5.75 Å². The fourth-order valence-corrected chi connectivity index (χ4v) is 4.76. The van der Waals surface area contributed by atoms with Gasteiger partial charge in [-0.05, 0) is 23.8 Å². The summed E-state index contributed by atoms with van der Waals surface area (Å²) in [6, 6.07) is 7.60. The summed E-state index contributed by atoms with van der Waals surface area (Å²) >= 11 is 3.08. The molecular formula is C17H20O5S2. The minimum Gasteiger partial charge on any atom is -0.497 e. The number of carbonyl (C=O) groups excluding carboxylic acids is 2. The highest BCUT2D eigenvalue weighted by atomic mass is 32.2. The number of benzene rings is 1. The lowest BCUT2D eigenvalue weighted by Gasteiger charge is -2.25. The standard InChI is InChI=1S/C17H20O5S2/c1-20-12-6-4-11(5-7-12)15-13(16(18)21-2)10-14(17(19)22-3)23-8-9-24-15/h4-7,10,13,15H,8-9H2,1-3H3/b14-10-. The van der Waals surface area contributed by atoms with E-state index in [-0.39, 0.29) is 11.2 Å². The Morgan fingerprint density at radius 2 is 1.75 bits per heavy atom. The van der Waals surface area contributed by atoms with Gasteiger partial charge in [-0.25, -0.2) is 4.79 Å². The van der Waals surface area contributed by atoms with E-state index in [0.717, 1.165) is 22.8 Å². The zero-order chi connectivity index (χ0) is 17.5. The number of thioether (sulfide) groups is 2. The Kier molecular flexibility index (Phi) is 7.05. The molecule has 0 bridgehead atoms. The van der Waals surface area contributed by atoms with E-state index in [2.05, 4.69) is 0 Å². The van der Waals surface area contributed by atoms with Crippen molar-refractivity contribution in [3.05, 3.63) is 40.8 Å². The molecule has 2 rings (SSSR count). The zero-order valence-corrected chi connectivity index (χ0v) is 15.4. The molecule has 0 aromatic heterocycles. The lowest BCUT2D eigenvalue weighted by atomic mass is 9.97. The molecule has 1 aliphatic rings. The van der Waals surface area contributed by atoms with Crippen molar-refractivity contribution in [1.82, 2.24) is 0 Å². The summed E-state index contributed by atoms with van der Waals surface area (Å²) in [6.07, 6.45) is 1.67. The third-order valence-corrected chi connectivity index (χ3v) is 6.24. The third kappa shape index (κ3) is 4.48. The minimum absolute atomic E-state index is 0.135. The summed E-state index contributed by atoms with van der Waals surface area (Å²) in [5, 5.41) is -0.135. The van der Waals surface area contributed by atoms with Crippen LogP contribution in [0.25, 0.3) is 0 Å². The summed E-state index contributed by atoms with van der Waals surface area (Å²) in [5.74, 6) is 0.984. The number of rotatable bonds is 4. The Labute approximate surface area is 150 Å². The molecule has 2 unspecified atom stereocenters. The van der Waals surface area contributed by atoms with Gasteiger partial charge in [-0.15, -0.1) is 11.8 Å². The van der Waals surface area contributed by atoms with Gasteiger partial charge in [0.25, 0.3) is 0 Å². The van der Waals surface area contributed by atoms with Gasteiger partial charge in [-0.3, -0.25) is 4.79 Å². The van der Waals surface area contributed by atoms with Crippen LogP contribution < -0.4 is 4.74 Å². The maximum Gasteiger partial charge on any atom is 0.344 e. The smallest absolute Gasteiger partial charge is 0.344 e. The van der Waals surface area contributed by atoms with Crippen molar-refractivity contribution < 1.29 is 23.8 Å². The van der Waals surface area contributed by atoms with Crippen LogP contribution >= 0.6 is 23.5 Å². The number of carbonyl (C=O) groups is 2. The van der Waals surface area contributed by atoms with Gasteiger partial charge in [0.2, 0.25) is 0 Å². The molecule has 0 amide bonds. The quantitative estimate of drug-likeness (QED) is 0.757. The first-order chi connectivity index (χ1) is 11.6.